The van der Waals surface area contributed by atoms with Crippen LogP contribution in [0.5, 0.6) is 0 Å². The molecular weight excluding hydrogens is 392 g/mol. The first-order valence-electron chi connectivity index (χ1n) is 9.18. The van der Waals surface area contributed by atoms with E-state index in [1.54, 1.807) is 48.5 Å². The second-order valence-corrected chi connectivity index (χ2v) is 6.42. The van der Waals surface area contributed by atoms with E-state index < -0.39 is 37.1 Å². The lowest BCUT2D eigenvalue weighted by Crippen LogP contribution is -2.52. The summed E-state index contributed by atoms with van der Waals surface area (Å²) in [7, 11) is 0. The number of hydrogen-bond acceptors (Lipinski definition) is 10. The van der Waals surface area contributed by atoms with Crippen molar-refractivity contribution in [2.45, 2.75) is 30.5 Å². The Morgan fingerprint density at radius 1 is 0.767 bits per heavy atom. The molecule has 0 fully saturated rings. The molecule has 5 atom stereocenters. The number of aliphatic hydroxyl groups is 6. The van der Waals surface area contributed by atoms with Crippen molar-refractivity contribution < 1.29 is 30.6 Å². The highest BCUT2D eigenvalue weighted by atomic mass is 16.4. The maximum absolute atomic E-state index is 10.5. The van der Waals surface area contributed by atoms with Gasteiger partial charge in [0, 0.05) is 0 Å². The second-order valence-electron chi connectivity index (χ2n) is 6.42. The van der Waals surface area contributed by atoms with Crippen LogP contribution in [0.15, 0.2) is 70.9 Å². The molecule has 0 bridgehead atoms. The number of anilines is 2. The Balaban J connectivity index is 2.18. The van der Waals surface area contributed by atoms with Gasteiger partial charge in [-0.15, -0.1) is 0 Å². The van der Waals surface area contributed by atoms with Gasteiger partial charge in [0.25, 0.3) is 0 Å². The van der Waals surface area contributed by atoms with Crippen LogP contribution < -0.4 is 10.9 Å². The van der Waals surface area contributed by atoms with E-state index in [1.807, 2.05) is 12.1 Å². The minimum atomic E-state index is -1.96. The smallest absolute Gasteiger partial charge is 0.128 e. The third-order valence-electron chi connectivity index (χ3n) is 4.16. The van der Waals surface area contributed by atoms with E-state index in [-0.39, 0.29) is 5.71 Å². The molecule has 2 aromatic carbocycles. The van der Waals surface area contributed by atoms with Crippen molar-refractivity contribution in [3.05, 3.63) is 60.7 Å². The summed E-state index contributed by atoms with van der Waals surface area (Å²) in [5, 5.41) is 66.9. The van der Waals surface area contributed by atoms with E-state index in [4.69, 9.17) is 5.11 Å². The first-order valence-corrected chi connectivity index (χ1v) is 9.18. The van der Waals surface area contributed by atoms with Gasteiger partial charge in [0.2, 0.25) is 0 Å². The fourth-order valence-electron chi connectivity index (χ4n) is 2.40. The third-order valence-corrected chi connectivity index (χ3v) is 4.16. The van der Waals surface area contributed by atoms with E-state index in [9.17, 15) is 25.5 Å². The highest BCUT2D eigenvalue weighted by Crippen LogP contribution is 2.11. The van der Waals surface area contributed by atoms with Gasteiger partial charge >= 0.3 is 0 Å². The van der Waals surface area contributed by atoms with Crippen LogP contribution in [0.4, 0.5) is 11.4 Å². The first kappa shape index (κ1) is 23.4. The number of nitrogens with one attached hydrogen (secondary N) is 2. The van der Waals surface area contributed by atoms with E-state index in [2.05, 4.69) is 21.1 Å². The molecule has 0 aromatic heterocycles. The fourth-order valence-corrected chi connectivity index (χ4v) is 2.40. The average molecular weight is 418 g/mol. The number of aliphatic hydroxyl groups excluding tert-OH is 6. The van der Waals surface area contributed by atoms with Crippen LogP contribution >= 0.6 is 0 Å². The Morgan fingerprint density at radius 2 is 1.30 bits per heavy atom. The Bertz CT molecular complexity index is 805. The predicted octanol–water partition coefficient (Wildman–Crippen LogP) is -0.651. The van der Waals surface area contributed by atoms with Crippen molar-refractivity contribution >= 4 is 23.3 Å². The zero-order chi connectivity index (χ0) is 21.9. The molecule has 5 unspecified atom stereocenters. The maximum Gasteiger partial charge on any atom is 0.128 e. The minimum absolute atomic E-state index is 0.167. The van der Waals surface area contributed by atoms with E-state index >= 15 is 0 Å². The molecule has 0 heterocycles. The first-order chi connectivity index (χ1) is 14.4. The number of nitrogens with zero attached hydrogens (tertiary/aromatic N) is 2. The normalized spacial score (nSPS) is 17.2. The summed E-state index contributed by atoms with van der Waals surface area (Å²) in [6, 6.07) is 17.7. The van der Waals surface area contributed by atoms with Gasteiger partial charge in [-0.1, -0.05) is 36.4 Å². The molecular formula is C20H26N4O6. The summed E-state index contributed by atoms with van der Waals surface area (Å²) >= 11 is 0. The van der Waals surface area contributed by atoms with Crippen molar-refractivity contribution in [3.63, 3.8) is 0 Å². The van der Waals surface area contributed by atoms with Crippen molar-refractivity contribution in [2.24, 2.45) is 10.2 Å². The van der Waals surface area contributed by atoms with Crippen molar-refractivity contribution in [3.8, 4) is 0 Å². The predicted molar refractivity (Wildman–Crippen MR) is 113 cm³/mol. The van der Waals surface area contributed by atoms with Crippen molar-refractivity contribution in [1.82, 2.24) is 0 Å². The lowest BCUT2D eigenvalue weighted by molar-refractivity contribution is -0.130. The molecule has 0 aliphatic rings. The van der Waals surface area contributed by atoms with Gasteiger partial charge in [-0.3, -0.25) is 10.9 Å². The van der Waals surface area contributed by atoms with Crippen LogP contribution in [-0.4, -0.2) is 79.7 Å². The topological polar surface area (TPSA) is 170 Å². The van der Waals surface area contributed by atoms with Gasteiger partial charge in [-0.25, -0.2) is 0 Å². The molecule has 0 saturated carbocycles. The SMILES string of the molecule is OCC(O)C(O)C(O)C(O)C(O)C(/C=N/Nc1ccccc1)=N\Nc1ccccc1. The highest BCUT2D eigenvalue weighted by Gasteiger charge is 2.35. The summed E-state index contributed by atoms with van der Waals surface area (Å²) in [5.41, 5.74) is 6.52. The van der Waals surface area contributed by atoms with Crippen LogP contribution in [-0.2, 0) is 0 Å². The van der Waals surface area contributed by atoms with Gasteiger partial charge in [0.05, 0.1) is 24.2 Å². The Hall–Kier alpha value is -2.86. The summed E-state index contributed by atoms with van der Waals surface area (Å²) in [4.78, 5) is 0. The molecule has 2 aromatic rings. The van der Waals surface area contributed by atoms with Gasteiger partial charge in [0.1, 0.15) is 36.2 Å². The number of para-hydroxylation sites is 2. The zero-order valence-corrected chi connectivity index (χ0v) is 16.0. The van der Waals surface area contributed by atoms with Crippen LogP contribution in [0.1, 0.15) is 0 Å². The van der Waals surface area contributed by atoms with Crippen LogP contribution in [0.3, 0.4) is 0 Å². The quantitative estimate of drug-likeness (QED) is 0.176. The summed E-state index contributed by atoms with van der Waals surface area (Å²) in [6.07, 6.45) is -8.11. The lowest BCUT2D eigenvalue weighted by Gasteiger charge is -2.28. The monoisotopic (exact) mass is 418 g/mol. The average Bonchev–Trinajstić information content (AvgIpc) is 2.80. The molecule has 10 heteroatoms. The number of hydrogen-bond donors (Lipinski definition) is 8. The number of rotatable bonds is 11. The number of benzene rings is 2. The van der Waals surface area contributed by atoms with Crippen molar-refractivity contribution in [1.29, 1.82) is 0 Å². The van der Waals surface area contributed by atoms with E-state index in [0.29, 0.717) is 11.4 Å². The summed E-state index contributed by atoms with van der Waals surface area (Å²) in [6.45, 7) is -0.833. The van der Waals surface area contributed by atoms with Crippen LogP contribution in [0.2, 0.25) is 0 Å². The lowest BCUT2D eigenvalue weighted by atomic mass is 9.97. The molecule has 0 amide bonds. The summed E-state index contributed by atoms with van der Waals surface area (Å²) < 4.78 is 0. The molecule has 162 valence electrons. The standard InChI is InChI=1S/C20H26N4O6/c25-12-16(26)18(28)20(30)19(29)17(27)15(24-23-14-9-5-2-6-10-14)11-21-22-13-7-3-1-4-8-13/h1-11,16-20,22-23,25-30H,12H2/b21-11+,24-15-. The fraction of sp³-hybridized carbons (Fsp3) is 0.300. The van der Waals surface area contributed by atoms with Crippen LogP contribution in [0, 0.1) is 0 Å². The van der Waals surface area contributed by atoms with Crippen molar-refractivity contribution in [2.75, 3.05) is 17.5 Å². The zero-order valence-electron chi connectivity index (χ0n) is 16.0. The molecule has 10 nitrogen and oxygen atoms in total. The van der Waals surface area contributed by atoms with E-state index in [0.717, 1.165) is 6.21 Å². The van der Waals surface area contributed by atoms with Gasteiger partial charge < -0.3 is 30.6 Å². The molecule has 0 aliphatic carbocycles. The Labute approximate surface area is 173 Å². The molecule has 0 spiro atoms. The summed E-state index contributed by atoms with van der Waals surface area (Å²) in [5.74, 6) is 0. The van der Waals surface area contributed by atoms with E-state index in [1.165, 1.54) is 0 Å². The molecule has 0 saturated heterocycles. The maximum atomic E-state index is 10.5. The van der Waals surface area contributed by atoms with Gasteiger partial charge in [0.15, 0.2) is 0 Å². The minimum Gasteiger partial charge on any atom is -0.394 e. The molecule has 30 heavy (non-hydrogen) atoms. The highest BCUT2D eigenvalue weighted by molar-refractivity contribution is 6.33. The third kappa shape index (κ3) is 6.88. The van der Waals surface area contributed by atoms with Crippen LogP contribution in [0.25, 0.3) is 0 Å². The second kappa shape index (κ2) is 12.0. The molecule has 0 aliphatic heterocycles. The van der Waals surface area contributed by atoms with Gasteiger partial charge in [-0.05, 0) is 24.3 Å². The molecule has 0 radical (unpaired) electrons. The molecule has 2 rings (SSSR count). The van der Waals surface area contributed by atoms with Gasteiger partial charge in [-0.2, -0.15) is 10.2 Å². The Kier molecular flexibility index (Phi) is 9.35. The Morgan fingerprint density at radius 3 is 1.83 bits per heavy atom. The largest absolute Gasteiger partial charge is 0.394 e. The molecule has 8 N–H and O–H groups in total. The number of hydrazone groups is 2.